The van der Waals surface area contributed by atoms with Gasteiger partial charge in [-0.3, -0.25) is 0 Å². The van der Waals surface area contributed by atoms with E-state index >= 15 is 0 Å². The van der Waals surface area contributed by atoms with E-state index in [0.717, 1.165) is 13.2 Å². The number of aryl methyl sites for hydroxylation is 1. The van der Waals surface area contributed by atoms with Gasteiger partial charge >= 0.3 is 0 Å². The molecule has 0 amide bonds. The van der Waals surface area contributed by atoms with E-state index in [9.17, 15) is 0 Å². The Morgan fingerprint density at radius 1 is 1.50 bits per heavy atom. The van der Waals surface area contributed by atoms with Crippen LogP contribution in [0.4, 0.5) is 0 Å². The third-order valence-corrected chi connectivity index (χ3v) is 2.22. The zero-order chi connectivity index (χ0) is 7.40. The third kappa shape index (κ3) is 2.12. The Hall–Kier alpha value is -0.340. The fourth-order valence-electron chi connectivity index (χ4n) is 0.765. The molecule has 1 nitrogen and oxygen atoms in total. The maximum atomic E-state index is 5.24. The summed E-state index contributed by atoms with van der Waals surface area (Å²) in [6, 6.07) is 4.24. The van der Waals surface area contributed by atoms with Gasteiger partial charge in [-0.05, 0) is 26.0 Å². The van der Waals surface area contributed by atoms with Crippen LogP contribution in [0.2, 0.25) is 0 Å². The monoisotopic (exact) mass is 156 g/mol. The van der Waals surface area contributed by atoms with Crippen molar-refractivity contribution < 1.29 is 4.74 Å². The van der Waals surface area contributed by atoms with Crippen molar-refractivity contribution in [2.24, 2.45) is 0 Å². The molecule has 0 bridgehead atoms. The molecular weight excluding hydrogens is 144 g/mol. The quantitative estimate of drug-likeness (QED) is 0.653. The van der Waals surface area contributed by atoms with Crippen molar-refractivity contribution in [2.75, 3.05) is 6.61 Å². The van der Waals surface area contributed by atoms with E-state index < -0.39 is 0 Å². The Labute approximate surface area is 65.6 Å². The molecule has 0 spiro atoms. The van der Waals surface area contributed by atoms with E-state index in [2.05, 4.69) is 19.1 Å². The first-order valence-corrected chi connectivity index (χ1v) is 4.27. The van der Waals surface area contributed by atoms with E-state index in [1.807, 2.05) is 6.92 Å². The average Bonchev–Trinajstić information content (AvgIpc) is 2.31. The van der Waals surface area contributed by atoms with Gasteiger partial charge in [0.2, 0.25) is 0 Å². The van der Waals surface area contributed by atoms with Crippen LogP contribution in [0.1, 0.15) is 16.7 Å². The molecule has 0 unspecified atom stereocenters. The first-order valence-electron chi connectivity index (χ1n) is 3.46. The van der Waals surface area contributed by atoms with Crippen molar-refractivity contribution in [3.8, 4) is 0 Å². The molecule has 0 radical (unpaired) electrons. The molecule has 0 N–H and O–H groups in total. The Morgan fingerprint density at radius 2 is 2.30 bits per heavy atom. The van der Waals surface area contributed by atoms with E-state index in [0.29, 0.717) is 0 Å². The van der Waals surface area contributed by atoms with Gasteiger partial charge in [0, 0.05) is 16.4 Å². The van der Waals surface area contributed by atoms with Crippen LogP contribution in [0.3, 0.4) is 0 Å². The van der Waals surface area contributed by atoms with Gasteiger partial charge in [0.1, 0.15) is 0 Å². The van der Waals surface area contributed by atoms with Crippen LogP contribution in [-0.4, -0.2) is 6.61 Å². The van der Waals surface area contributed by atoms with Crippen LogP contribution < -0.4 is 0 Å². The third-order valence-electron chi connectivity index (χ3n) is 1.24. The molecule has 1 aromatic heterocycles. The second kappa shape index (κ2) is 3.74. The van der Waals surface area contributed by atoms with Gasteiger partial charge < -0.3 is 4.74 Å². The molecule has 0 aliphatic heterocycles. The fourth-order valence-corrected chi connectivity index (χ4v) is 1.59. The molecule has 0 saturated heterocycles. The molecule has 2 heteroatoms. The molecule has 10 heavy (non-hydrogen) atoms. The maximum Gasteiger partial charge on any atom is 0.0809 e. The van der Waals surface area contributed by atoms with Crippen LogP contribution in [-0.2, 0) is 11.3 Å². The van der Waals surface area contributed by atoms with Crippen LogP contribution in [0, 0.1) is 6.92 Å². The molecule has 1 aromatic rings. The van der Waals surface area contributed by atoms with E-state index in [1.54, 1.807) is 11.3 Å². The Morgan fingerprint density at radius 3 is 2.80 bits per heavy atom. The number of thiophene rings is 1. The van der Waals surface area contributed by atoms with Crippen molar-refractivity contribution in [1.29, 1.82) is 0 Å². The Balaban J connectivity index is 2.42. The van der Waals surface area contributed by atoms with Gasteiger partial charge in [0.25, 0.3) is 0 Å². The highest BCUT2D eigenvalue weighted by atomic mass is 32.1. The largest absolute Gasteiger partial charge is 0.376 e. The highest BCUT2D eigenvalue weighted by Gasteiger charge is 1.94. The van der Waals surface area contributed by atoms with Crippen molar-refractivity contribution in [3.63, 3.8) is 0 Å². The zero-order valence-electron chi connectivity index (χ0n) is 6.39. The average molecular weight is 156 g/mol. The zero-order valence-corrected chi connectivity index (χ0v) is 7.20. The van der Waals surface area contributed by atoms with Gasteiger partial charge in [-0.1, -0.05) is 0 Å². The molecule has 0 atom stereocenters. The Bertz CT molecular complexity index is 193. The van der Waals surface area contributed by atoms with Gasteiger partial charge in [0.15, 0.2) is 0 Å². The molecule has 0 aliphatic rings. The lowest BCUT2D eigenvalue weighted by atomic mass is 10.4. The molecular formula is C8H12OS. The summed E-state index contributed by atoms with van der Waals surface area (Å²) in [7, 11) is 0. The van der Waals surface area contributed by atoms with Crippen molar-refractivity contribution >= 4 is 11.3 Å². The molecule has 56 valence electrons. The fraction of sp³-hybridized carbons (Fsp3) is 0.500. The highest BCUT2D eigenvalue weighted by molar-refractivity contribution is 7.11. The van der Waals surface area contributed by atoms with Crippen molar-refractivity contribution in [2.45, 2.75) is 20.5 Å². The first-order chi connectivity index (χ1) is 4.83. The van der Waals surface area contributed by atoms with Gasteiger partial charge in [-0.25, -0.2) is 0 Å². The van der Waals surface area contributed by atoms with Gasteiger partial charge in [-0.15, -0.1) is 11.3 Å². The highest BCUT2D eigenvalue weighted by Crippen LogP contribution is 2.15. The summed E-state index contributed by atoms with van der Waals surface area (Å²) in [5, 5.41) is 0. The van der Waals surface area contributed by atoms with Crippen LogP contribution >= 0.6 is 11.3 Å². The minimum atomic E-state index is 0.773. The molecule has 0 aliphatic carbocycles. The van der Waals surface area contributed by atoms with Crippen LogP contribution in [0.15, 0.2) is 12.1 Å². The molecule has 1 rings (SSSR count). The van der Waals surface area contributed by atoms with Crippen molar-refractivity contribution in [1.82, 2.24) is 0 Å². The predicted molar refractivity (Wildman–Crippen MR) is 44.4 cm³/mol. The lowest BCUT2D eigenvalue weighted by Crippen LogP contribution is -1.87. The van der Waals surface area contributed by atoms with Crippen molar-refractivity contribution in [3.05, 3.63) is 21.9 Å². The SMILES string of the molecule is CCOCc1ccc(C)s1. The lowest BCUT2D eigenvalue weighted by molar-refractivity contribution is 0.136. The summed E-state index contributed by atoms with van der Waals surface area (Å²) in [4.78, 5) is 2.68. The lowest BCUT2D eigenvalue weighted by Gasteiger charge is -1.94. The summed E-state index contributed by atoms with van der Waals surface area (Å²) >= 11 is 1.80. The second-order valence-electron chi connectivity index (χ2n) is 2.15. The molecule has 1 heterocycles. The van der Waals surface area contributed by atoms with Gasteiger partial charge in [-0.2, -0.15) is 0 Å². The number of hydrogen-bond donors (Lipinski definition) is 0. The first kappa shape index (κ1) is 7.76. The van der Waals surface area contributed by atoms with E-state index in [-0.39, 0.29) is 0 Å². The summed E-state index contributed by atoms with van der Waals surface area (Å²) in [5.74, 6) is 0. The second-order valence-corrected chi connectivity index (χ2v) is 3.52. The Kier molecular flexibility index (Phi) is 2.90. The number of ether oxygens (including phenoxy) is 1. The number of rotatable bonds is 3. The van der Waals surface area contributed by atoms with E-state index in [4.69, 9.17) is 4.74 Å². The number of hydrogen-bond acceptors (Lipinski definition) is 2. The standard InChI is InChI=1S/C8H12OS/c1-3-9-6-8-5-4-7(2)10-8/h4-5H,3,6H2,1-2H3. The summed E-state index contributed by atoms with van der Waals surface area (Å²) < 4.78 is 5.24. The van der Waals surface area contributed by atoms with Gasteiger partial charge in [0.05, 0.1) is 6.61 Å². The smallest absolute Gasteiger partial charge is 0.0809 e. The topological polar surface area (TPSA) is 9.23 Å². The minimum Gasteiger partial charge on any atom is -0.376 e. The summed E-state index contributed by atoms with van der Waals surface area (Å²) in [6.45, 7) is 5.70. The maximum absolute atomic E-state index is 5.24. The summed E-state index contributed by atoms with van der Waals surface area (Å²) in [5.41, 5.74) is 0. The summed E-state index contributed by atoms with van der Waals surface area (Å²) in [6.07, 6.45) is 0. The molecule has 0 saturated carbocycles. The predicted octanol–water partition coefficient (Wildman–Crippen LogP) is 2.59. The molecule has 0 aromatic carbocycles. The van der Waals surface area contributed by atoms with Crippen LogP contribution in [0.25, 0.3) is 0 Å². The molecule has 0 fully saturated rings. The van der Waals surface area contributed by atoms with E-state index in [1.165, 1.54) is 9.75 Å². The van der Waals surface area contributed by atoms with Crippen LogP contribution in [0.5, 0.6) is 0 Å². The normalized spacial score (nSPS) is 10.2. The minimum absolute atomic E-state index is 0.773.